The highest BCUT2D eigenvalue weighted by molar-refractivity contribution is 5.81. The summed E-state index contributed by atoms with van der Waals surface area (Å²) >= 11 is 0. The number of benzene rings is 1. The van der Waals surface area contributed by atoms with Crippen molar-refractivity contribution in [1.29, 1.82) is 0 Å². The van der Waals surface area contributed by atoms with Crippen molar-refractivity contribution >= 4 is 16.9 Å². The summed E-state index contributed by atoms with van der Waals surface area (Å²) in [4.78, 5) is 35.3. The Labute approximate surface area is 143 Å². The predicted octanol–water partition coefficient (Wildman–Crippen LogP) is 2.26. The second-order valence-corrected chi connectivity index (χ2v) is 5.60. The zero-order chi connectivity index (χ0) is 17.8. The molecule has 128 valence electrons. The van der Waals surface area contributed by atoms with Crippen LogP contribution in [0.15, 0.2) is 62.7 Å². The number of pyridine rings is 1. The van der Waals surface area contributed by atoms with Gasteiger partial charge in [0.15, 0.2) is 0 Å². The molecule has 0 aliphatic carbocycles. The first-order valence-corrected chi connectivity index (χ1v) is 7.93. The van der Waals surface area contributed by atoms with Crippen molar-refractivity contribution < 1.29 is 13.9 Å². The van der Waals surface area contributed by atoms with Crippen LogP contribution in [0.1, 0.15) is 18.1 Å². The molecule has 0 N–H and O–H groups in total. The molecular formula is C19H17NO5. The van der Waals surface area contributed by atoms with Crippen LogP contribution in [0, 0.1) is 0 Å². The van der Waals surface area contributed by atoms with Gasteiger partial charge in [-0.1, -0.05) is 25.1 Å². The summed E-state index contributed by atoms with van der Waals surface area (Å²) in [6.45, 7) is 1.77. The van der Waals surface area contributed by atoms with E-state index in [2.05, 4.69) is 0 Å². The number of esters is 1. The molecule has 2 heterocycles. The Balaban J connectivity index is 1.79. The van der Waals surface area contributed by atoms with E-state index in [9.17, 15) is 14.4 Å². The Morgan fingerprint density at radius 3 is 2.76 bits per heavy atom. The first-order valence-electron chi connectivity index (χ1n) is 7.93. The van der Waals surface area contributed by atoms with E-state index < -0.39 is 11.6 Å². The highest BCUT2D eigenvalue weighted by Crippen LogP contribution is 2.19. The standard InChI is InChI=1S/C19H17NO5/c1-2-13-6-7-15-14(10-18(22)25-16(15)9-13)12-24-19(23)11-20-8-4-3-5-17(20)21/h3-10H,2,11-12H2,1H3. The second-order valence-electron chi connectivity index (χ2n) is 5.60. The Kier molecular flexibility index (Phi) is 4.79. The van der Waals surface area contributed by atoms with Gasteiger partial charge in [-0.25, -0.2) is 4.79 Å². The van der Waals surface area contributed by atoms with Crippen molar-refractivity contribution in [2.75, 3.05) is 0 Å². The molecular weight excluding hydrogens is 322 g/mol. The van der Waals surface area contributed by atoms with E-state index in [0.717, 1.165) is 17.4 Å². The lowest BCUT2D eigenvalue weighted by Gasteiger charge is -2.09. The average Bonchev–Trinajstić information content (AvgIpc) is 2.61. The van der Waals surface area contributed by atoms with Gasteiger partial charge in [0, 0.05) is 29.3 Å². The van der Waals surface area contributed by atoms with E-state index in [1.165, 1.54) is 22.9 Å². The maximum absolute atomic E-state index is 12.0. The second kappa shape index (κ2) is 7.17. The molecule has 0 fully saturated rings. The first kappa shape index (κ1) is 16.7. The van der Waals surface area contributed by atoms with Crippen molar-refractivity contribution in [2.24, 2.45) is 0 Å². The van der Waals surface area contributed by atoms with Gasteiger partial charge in [0.05, 0.1) is 0 Å². The molecule has 6 heteroatoms. The quantitative estimate of drug-likeness (QED) is 0.526. The van der Waals surface area contributed by atoms with Gasteiger partial charge in [-0.3, -0.25) is 9.59 Å². The monoisotopic (exact) mass is 339 g/mol. The van der Waals surface area contributed by atoms with Crippen LogP contribution in [-0.4, -0.2) is 10.5 Å². The van der Waals surface area contributed by atoms with Gasteiger partial charge in [-0.05, 0) is 24.1 Å². The van der Waals surface area contributed by atoms with Crippen molar-refractivity contribution in [1.82, 2.24) is 4.57 Å². The van der Waals surface area contributed by atoms with Crippen molar-refractivity contribution in [3.05, 3.63) is 80.6 Å². The largest absolute Gasteiger partial charge is 0.459 e. The van der Waals surface area contributed by atoms with E-state index in [1.807, 2.05) is 25.1 Å². The van der Waals surface area contributed by atoms with Crippen LogP contribution < -0.4 is 11.2 Å². The number of carbonyl (C=O) groups is 1. The van der Waals surface area contributed by atoms with Gasteiger partial charge >= 0.3 is 11.6 Å². The highest BCUT2D eigenvalue weighted by atomic mass is 16.5. The predicted molar refractivity (Wildman–Crippen MR) is 92.4 cm³/mol. The lowest BCUT2D eigenvalue weighted by Crippen LogP contribution is -2.23. The normalized spacial score (nSPS) is 10.8. The molecule has 0 aliphatic rings. The fourth-order valence-corrected chi connectivity index (χ4v) is 2.55. The number of fused-ring (bicyclic) bond motifs is 1. The van der Waals surface area contributed by atoms with Crippen LogP contribution in [-0.2, 0) is 29.1 Å². The molecule has 0 bridgehead atoms. The highest BCUT2D eigenvalue weighted by Gasteiger charge is 2.10. The molecule has 0 radical (unpaired) electrons. The summed E-state index contributed by atoms with van der Waals surface area (Å²) in [5.74, 6) is -0.556. The molecule has 0 aliphatic heterocycles. The molecule has 0 amide bonds. The molecule has 6 nitrogen and oxygen atoms in total. The van der Waals surface area contributed by atoms with Crippen LogP contribution >= 0.6 is 0 Å². The van der Waals surface area contributed by atoms with Crippen LogP contribution in [0.2, 0.25) is 0 Å². The summed E-state index contributed by atoms with van der Waals surface area (Å²) in [6, 6.07) is 11.6. The molecule has 0 saturated carbocycles. The van der Waals surface area contributed by atoms with Crippen LogP contribution in [0.3, 0.4) is 0 Å². The number of carbonyl (C=O) groups excluding carboxylic acids is 1. The number of hydrogen-bond acceptors (Lipinski definition) is 5. The average molecular weight is 339 g/mol. The molecule has 3 aromatic rings. The summed E-state index contributed by atoms with van der Waals surface area (Å²) in [5.41, 5.74) is 1.32. The smallest absolute Gasteiger partial charge is 0.336 e. The Hall–Kier alpha value is -3.15. The van der Waals surface area contributed by atoms with Gasteiger partial charge in [-0.15, -0.1) is 0 Å². The zero-order valence-corrected chi connectivity index (χ0v) is 13.7. The molecule has 1 aromatic carbocycles. The molecule has 0 unspecified atom stereocenters. The number of aryl methyl sites for hydroxylation is 1. The van der Waals surface area contributed by atoms with Gasteiger partial charge in [0.25, 0.3) is 5.56 Å². The lowest BCUT2D eigenvalue weighted by atomic mass is 10.1. The van der Waals surface area contributed by atoms with E-state index in [1.54, 1.807) is 12.1 Å². The van der Waals surface area contributed by atoms with Crippen molar-refractivity contribution in [3.8, 4) is 0 Å². The zero-order valence-electron chi connectivity index (χ0n) is 13.7. The van der Waals surface area contributed by atoms with Gasteiger partial charge in [-0.2, -0.15) is 0 Å². The van der Waals surface area contributed by atoms with E-state index in [0.29, 0.717) is 11.1 Å². The maximum atomic E-state index is 12.0. The van der Waals surface area contributed by atoms with Gasteiger partial charge in [0.2, 0.25) is 0 Å². The van der Waals surface area contributed by atoms with Crippen molar-refractivity contribution in [2.45, 2.75) is 26.5 Å². The third-order valence-corrected chi connectivity index (χ3v) is 3.89. The Morgan fingerprint density at radius 1 is 1.16 bits per heavy atom. The molecule has 25 heavy (non-hydrogen) atoms. The SMILES string of the molecule is CCc1ccc2c(COC(=O)Cn3ccccc3=O)cc(=O)oc2c1. The fraction of sp³-hybridized carbons (Fsp3) is 0.211. The first-order chi connectivity index (χ1) is 12.1. The Morgan fingerprint density at radius 2 is 2.00 bits per heavy atom. The molecule has 0 spiro atoms. The minimum Gasteiger partial charge on any atom is -0.459 e. The molecule has 2 aromatic heterocycles. The lowest BCUT2D eigenvalue weighted by molar-refractivity contribution is -0.145. The van der Waals surface area contributed by atoms with E-state index >= 15 is 0 Å². The summed E-state index contributed by atoms with van der Waals surface area (Å²) in [5, 5.41) is 0.724. The van der Waals surface area contributed by atoms with Crippen molar-refractivity contribution in [3.63, 3.8) is 0 Å². The summed E-state index contributed by atoms with van der Waals surface area (Å²) in [6.07, 6.45) is 2.34. The van der Waals surface area contributed by atoms with Crippen LogP contribution in [0.25, 0.3) is 11.0 Å². The summed E-state index contributed by atoms with van der Waals surface area (Å²) < 4.78 is 11.7. The van der Waals surface area contributed by atoms with Crippen LogP contribution in [0.4, 0.5) is 0 Å². The third kappa shape index (κ3) is 3.85. The minimum atomic E-state index is -0.556. The molecule has 0 atom stereocenters. The third-order valence-electron chi connectivity index (χ3n) is 3.89. The Bertz CT molecular complexity index is 1030. The maximum Gasteiger partial charge on any atom is 0.336 e. The number of nitrogens with zero attached hydrogens (tertiary/aromatic N) is 1. The number of hydrogen-bond donors (Lipinski definition) is 0. The van der Waals surface area contributed by atoms with Gasteiger partial charge < -0.3 is 13.7 Å². The van der Waals surface area contributed by atoms with Crippen LogP contribution in [0.5, 0.6) is 0 Å². The molecule has 3 rings (SSSR count). The van der Waals surface area contributed by atoms with E-state index in [-0.39, 0.29) is 18.7 Å². The fourth-order valence-electron chi connectivity index (χ4n) is 2.55. The number of rotatable bonds is 5. The number of aromatic nitrogens is 1. The topological polar surface area (TPSA) is 78.5 Å². The van der Waals surface area contributed by atoms with Gasteiger partial charge in [0.1, 0.15) is 18.7 Å². The summed E-state index contributed by atoms with van der Waals surface area (Å²) in [7, 11) is 0. The molecule has 0 saturated heterocycles. The minimum absolute atomic E-state index is 0.0615. The number of ether oxygens (including phenoxy) is 1. The van der Waals surface area contributed by atoms with E-state index in [4.69, 9.17) is 9.15 Å².